The van der Waals surface area contributed by atoms with Crippen molar-refractivity contribution in [1.82, 2.24) is 0 Å². The topological polar surface area (TPSA) is 44.0 Å². The zero-order chi connectivity index (χ0) is 11.4. The van der Waals surface area contributed by atoms with Crippen molar-refractivity contribution in [3.05, 3.63) is 29.3 Å². The number of nitrogens with zero attached hydrogens (tertiary/aromatic N) is 1. The van der Waals surface area contributed by atoms with E-state index in [0.717, 1.165) is 10.5 Å². The molecular formula is C12H15NOS. The van der Waals surface area contributed by atoms with Gasteiger partial charge in [-0.15, -0.1) is 11.8 Å². The molecule has 0 aliphatic rings. The highest BCUT2D eigenvalue weighted by Crippen LogP contribution is 2.26. The number of hydrogen-bond donors (Lipinski definition) is 1. The predicted molar refractivity (Wildman–Crippen MR) is 62.9 cm³/mol. The number of rotatable bonds is 3. The number of nitriles is 1. The van der Waals surface area contributed by atoms with Crippen molar-refractivity contribution in [2.75, 3.05) is 0 Å². The SMILES string of the molecule is Cc1cc(SC(C)C(C)O)ccc1C#N. The first-order valence-corrected chi connectivity index (χ1v) is 5.78. The van der Waals surface area contributed by atoms with Gasteiger partial charge in [0, 0.05) is 10.1 Å². The molecule has 2 unspecified atom stereocenters. The van der Waals surface area contributed by atoms with E-state index in [2.05, 4.69) is 6.07 Å². The van der Waals surface area contributed by atoms with Gasteiger partial charge in [-0.25, -0.2) is 0 Å². The van der Waals surface area contributed by atoms with Crippen LogP contribution in [0.4, 0.5) is 0 Å². The molecule has 80 valence electrons. The van der Waals surface area contributed by atoms with Crippen LogP contribution >= 0.6 is 11.8 Å². The summed E-state index contributed by atoms with van der Waals surface area (Å²) in [7, 11) is 0. The molecule has 1 rings (SSSR count). The molecule has 0 spiro atoms. The smallest absolute Gasteiger partial charge is 0.0994 e. The van der Waals surface area contributed by atoms with Gasteiger partial charge >= 0.3 is 0 Å². The highest BCUT2D eigenvalue weighted by atomic mass is 32.2. The number of benzene rings is 1. The average Bonchev–Trinajstić information content (AvgIpc) is 2.18. The lowest BCUT2D eigenvalue weighted by atomic mass is 10.1. The lowest BCUT2D eigenvalue weighted by molar-refractivity contribution is 0.196. The zero-order valence-electron chi connectivity index (χ0n) is 9.19. The third-order valence-electron chi connectivity index (χ3n) is 2.32. The molecule has 2 nitrogen and oxygen atoms in total. The van der Waals surface area contributed by atoms with Crippen LogP contribution in [-0.4, -0.2) is 16.5 Å². The van der Waals surface area contributed by atoms with Crippen LogP contribution in [0.3, 0.4) is 0 Å². The Labute approximate surface area is 94.9 Å². The molecule has 0 aliphatic heterocycles. The van der Waals surface area contributed by atoms with Gasteiger partial charge in [-0.05, 0) is 37.6 Å². The lowest BCUT2D eigenvalue weighted by Gasteiger charge is -2.14. The van der Waals surface area contributed by atoms with E-state index >= 15 is 0 Å². The van der Waals surface area contributed by atoms with E-state index in [1.807, 2.05) is 32.0 Å². The summed E-state index contributed by atoms with van der Waals surface area (Å²) in [5.74, 6) is 0. The maximum absolute atomic E-state index is 9.38. The minimum atomic E-state index is -0.328. The zero-order valence-corrected chi connectivity index (χ0v) is 10.0. The number of aliphatic hydroxyl groups is 1. The molecule has 2 atom stereocenters. The normalized spacial score (nSPS) is 14.3. The van der Waals surface area contributed by atoms with E-state index in [1.54, 1.807) is 18.7 Å². The van der Waals surface area contributed by atoms with E-state index in [4.69, 9.17) is 5.26 Å². The molecule has 0 radical (unpaired) electrons. The van der Waals surface area contributed by atoms with E-state index in [-0.39, 0.29) is 11.4 Å². The van der Waals surface area contributed by atoms with Crippen molar-refractivity contribution >= 4 is 11.8 Å². The third kappa shape index (κ3) is 3.26. The van der Waals surface area contributed by atoms with Crippen molar-refractivity contribution in [3.63, 3.8) is 0 Å². The van der Waals surface area contributed by atoms with Crippen LogP contribution in [0.1, 0.15) is 25.0 Å². The van der Waals surface area contributed by atoms with Crippen LogP contribution < -0.4 is 0 Å². The average molecular weight is 221 g/mol. The largest absolute Gasteiger partial charge is 0.392 e. The van der Waals surface area contributed by atoms with Crippen molar-refractivity contribution in [3.8, 4) is 6.07 Å². The molecule has 0 heterocycles. The number of thioether (sulfide) groups is 1. The summed E-state index contributed by atoms with van der Waals surface area (Å²) in [5.41, 5.74) is 1.70. The standard InChI is InChI=1S/C12H15NOS/c1-8-6-12(5-4-11(8)7-13)15-10(3)9(2)14/h4-6,9-10,14H,1-3H3. The second-order valence-corrected chi connectivity index (χ2v) is 5.10. The molecular weight excluding hydrogens is 206 g/mol. The Bertz CT molecular complexity index is 382. The molecule has 0 saturated heterocycles. The quantitative estimate of drug-likeness (QED) is 0.798. The Hall–Kier alpha value is -0.980. The van der Waals surface area contributed by atoms with Gasteiger partial charge in [0.15, 0.2) is 0 Å². The van der Waals surface area contributed by atoms with Gasteiger partial charge in [-0.2, -0.15) is 5.26 Å². The lowest BCUT2D eigenvalue weighted by Crippen LogP contribution is -2.14. The molecule has 1 aromatic carbocycles. The monoisotopic (exact) mass is 221 g/mol. The summed E-state index contributed by atoms with van der Waals surface area (Å²) in [5, 5.41) is 18.3. The molecule has 15 heavy (non-hydrogen) atoms. The van der Waals surface area contributed by atoms with Crippen molar-refractivity contribution < 1.29 is 5.11 Å². The Morgan fingerprint density at radius 3 is 2.53 bits per heavy atom. The summed E-state index contributed by atoms with van der Waals surface area (Å²) in [4.78, 5) is 1.10. The van der Waals surface area contributed by atoms with Crippen molar-refractivity contribution in [1.29, 1.82) is 5.26 Å². The van der Waals surface area contributed by atoms with Gasteiger partial charge in [0.25, 0.3) is 0 Å². The Balaban J connectivity index is 2.81. The third-order valence-corrected chi connectivity index (χ3v) is 3.61. The maximum atomic E-state index is 9.38. The van der Waals surface area contributed by atoms with E-state index in [9.17, 15) is 5.11 Å². The van der Waals surface area contributed by atoms with E-state index in [1.165, 1.54) is 0 Å². The fourth-order valence-electron chi connectivity index (χ4n) is 1.15. The second-order valence-electron chi connectivity index (χ2n) is 3.65. The molecule has 0 amide bonds. The summed E-state index contributed by atoms with van der Waals surface area (Å²) in [6.45, 7) is 5.70. The Morgan fingerprint density at radius 2 is 2.07 bits per heavy atom. The Morgan fingerprint density at radius 1 is 1.40 bits per heavy atom. The van der Waals surface area contributed by atoms with Gasteiger partial charge in [0.1, 0.15) is 0 Å². The fourth-order valence-corrected chi connectivity index (χ4v) is 2.17. The number of aliphatic hydroxyl groups excluding tert-OH is 1. The van der Waals surface area contributed by atoms with Crippen LogP contribution in [-0.2, 0) is 0 Å². The molecule has 0 fully saturated rings. The molecule has 0 aliphatic carbocycles. The minimum absolute atomic E-state index is 0.164. The highest BCUT2D eigenvalue weighted by molar-refractivity contribution is 8.00. The summed E-state index contributed by atoms with van der Waals surface area (Å²) < 4.78 is 0. The number of aryl methyl sites for hydroxylation is 1. The van der Waals surface area contributed by atoms with E-state index in [0.29, 0.717) is 5.56 Å². The Kier molecular flexibility index (Phi) is 4.19. The van der Waals surface area contributed by atoms with Crippen LogP contribution in [0.5, 0.6) is 0 Å². The van der Waals surface area contributed by atoms with Crippen LogP contribution in [0.15, 0.2) is 23.1 Å². The number of hydrogen-bond acceptors (Lipinski definition) is 3. The highest BCUT2D eigenvalue weighted by Gasteiger charge is 2.10. The summed E-state index contributed by atoms with van der Waals surface area (Å²) in [6, 6.07) is 7.88. The maximum Gasteiger partial charge on any atom is 0.0994 e. The van der Waals surface area contributed by atoms with Crippen molar-refractivity contribution in [2.24, 2.45) is 0 Å². The molecule has 3 heteroatoms. The molecule has 1 aromatic rings. The van der Waals surface area contributed by atoms with Gasteiger partial charge in [-0.1, -0.05) is 6.92 Å². The van der Waals surface area contributed by atoms with Crippen LogP contribution in [0, 0.1) is 18.3 Å². The van der Waals surface area contributed by atoms with Gasteiger partial charge in [-0.3, -0.25) is 0 Å². The molecule has 0 bridgehead atoms. The predicted octanol–water partition coefficient (Wildman–Crippen LogP) is 2.73. The molecule has 0 saturated carbocycles. The first kappa shape index (κ1) is 12.1. The minimum Gasteiger partial charge on any atom is -0.392 e. The van der Waals surface area contributed by atoms with Gasteiger partial charge < -0.3 is 5.11 Å². The van der Waals surface area contributed by atoms with Crippen LogP contribution in [0.25, 0.3) is 0 Å². The summed E-state index contributed by atoms with van der Waals surface area (Å²) >= 11 is 1.63. The molecule has 0 aromatic heterocycles. The van der Waals surface area contributed by atoms with E-state index < -0.39 is 0 Å². The summed E-state index contributed by atoms with van der Waals surface area (Å²) in [6.07, 6.45) is -0.328. The van der Waals surface area contributed by atoms with Gasteiger partial charge in [0.2, 0.25) is 0 Å². The van der Waals surface area contributed by atoms with Crippen molar-refractivity contribution in [2.45, 2.75) is 37.0 Å². The van der Waals surface area contributed by atoms with Gasteiger partial charge in [0.05, 0.1) is 17.7 Å². The van der Waals surface area contributed by atoms with Crippen LogP contribution in [0.2, 0.25) is 0 Å². The first-order valence-electron chi connectivity index (χ1n) is 4.90. The second kappa shape index (κ2) is 5.20. The fraction of sp³-hybridized carbons (Fsp3) is 0.417. The first-order chi connectivity index (χ1) is 7.04. The molecule has 1 N–H and O–H groups in total.